The van der Waals surface area contributed by atoms with E-state index < -0.39 is 0 Å². The van der Waals surface area contributed by atoms with Gasteiger partial charge in [0.25, 0.3) is 0 Å². The summed E-state index contributed by atoms with van der Waals surface area (Å²) in [5.74, 6) is 0. The predicted octanol–water partition coefficient (Wildman–Crippen LogP) is 2.21. The van der Waals surface area contributed by atoms with Crippen molar-refractivity contribution in [2.75, 3.05) is 26.2 Å². The largest absolute Gasteiger partial charge is 0.449 e. The van der Waals surface area contributed by atoms with Crippen LogP contribution in [-0.2, 0) is 9.47 Å². The maximum Gasteiger partial charge on any atom is 0.414 e. The molecule has 0 aliphatic carbocycles. The Kier molecular flexibility index (Phi) is 4.20. The lowest BCUT2D eigenvalue weighted by atomic mass is 9.91. The summed E-state index contributed by atoms with van der Waals surface area (Å²) in [4.78, 5) is 26.9. The molecule has 2 amide bonds. The van der Waals surface area contributed by atoms with Crippen LogP contribution in [0.5, 0.6) is 0 Å². The van der Waals surface area contributed by atoms with Gasteiger partial charge in [0.2, 0.25) is 0 Å². The number of hydrogen-bond donors (Lipinski definition) is 0. The van der Waals surface area contributed by atoms with E-state index in [1.807, 2.05) is 0 Å². The fourth-order valence-corrected chi connectivity index (χ4v) is 2.70. The highest BCUT2D eigenvalue weighted by molar-refractivity contribution is 5.70. The SMILES string of the molecule is C=COC(=O)N1CCC(N2CC(C)(C)COC2=O)CC1. The summed E-state index contributed by atoms with van der Waals surface area (Å²) in [5, 5.41) is 0. The van der Waals surface area contributed by atoms with E-state index >= 15 is 0 Å². The monoisotopic (exact) mass is 282 g/mol. The average molecular weight is 282 g/mol. The molecular formula is C14H22N2O4. The first-order chi connectivity index (χ1) is 9.43. The number of amides is 2. The van der Waals surface area contributed by atoms with Crippen molar-refractivity contribution < 1.29 is 19.1 Å². The van der Waals surface area contributed by atoms with Gasteiger partial charge in [-0.3, -0.25) is 0 Å². The second-order valence-electron chi connectivity index (χ2n) is 6.12. The first-order valence-electron chi connectivity index (χ1n) is 6.93. The molecule has 2 fully saturated rings. The van der Waals surface area contributed by atoms with Gasteiger partial charge in [-0.05, 0) is 12.8 Å². The minimum Gasteiger partial charge on any atom is -0.449 e. The van der Waals surface area contributed by atoms with Crippen molar-refractivity contribution in [3.63, 3.8) is 0 Å². The maximum atomic E-state index is 11.9. The van der Waals surface area contributed by atoms with Crippen LogP contribution in [0.25, 0.3) is 0 Å². The second kappa shape index (κ2) is 5.73. The number of carbonyl (C=O) groups excluding carboxylic acids is 2. The molecule has 0 N–H and O–H groups in total. The molecule has 0 bridgehead atoms. The third kappa shape index (κ3) is 3.23. The van der Waals surface area contributed by atoms with Crippen LogP contribution in [0.4, 0.5) is 9.59 Å². The van der Waals surface area contributed by atoms with Crippen LogP contribution in [0.1, 0.15) is 26.7 Å². The molecular weight excluding hydrogens is 260 g/mol. The summed E-state index contributed by atoms with van der Waals surface area (Å²) >= 11 is 0. The molecule has 112 valence electrons. The van der Waals surface area contributed by atoms with Crippen LogP contribution >= 0.6 is 0 Å². The van der Waals surface area contributed by atoms with Crippen molar-refractivity contribution in [2.45, 2.75) is 32.7 Å². The first kappa shape index (κ1) is 14.7. The normalized spacial score (nSPS) is 23.2. The van der Waals surface area contributed by atoms with E-state index in [4.69, 9.17) is 9.47 Å². The Labute approximate surface area is 119 Å². The van der Waals surface area contributed by atoms with Gasteiger partial charge in [-0.25, -0.2) is 9.59 Å². The standard InChI is InChI=1S/C14H22N2O4/c1-4-19-12(17)15-7-5-11(6-8-15)16-9-14(2,3)10-20-13(16)18/h4,11H,1,5-10H2,2-3H3. The molecule has 6 heteroatoms. The van der Waals surface area contributed by atoms with Crippen molar-refractivity contribution in [3.8, 4) is 0 Å². The molecule has 2 heterocycles. The molecule has 2 aliphatic rings. The Morgan fingerprint density at radius 3 is 2.70 bits per heavy atom. The molecule has 2 saturated heterocycles. The van der Waals surface area contributed by atoms with E-state index in [2.05, 4.69) is 20.4 Å². The topological polar surface area (TPSA) is 59.1 Å². The molecule has 20 heavy (non-hydrogen) atoms. The van der Waals surface area contributed by atoms with E-state index in [9.17, 15) is 9.59 Å². The lowest BCUT2D eigenvalue weighted by Crippen LogP contribution is -2.55. The van der Waals surface area contributed by atoms with Crippen LogP contribution in [0.3, 0.4) is 0 Å². The molecule has 0 radical (unpaired) electrons. The molecule has 0 aromatic carbocycles. The van der Waals surface area contributed by atoms with E-state index in [1.54, 1.807) is 9.80 Å². The highest BCUT2D eigenvalue weighted by Gasteiger charge is 2.38. The van der Waals surface area contributed by atoms with E-state index in [0.717, 1.165) is 19.1 Å². The van der Waals surface area contributed by atoms with Crippen LogP contribution in [0, 0.1) is 5.41 Å². The average Bonchev–Trinajstić information content (AvgIpc) is 2.42. The second-order valence-corrected chi connectivity index (χ2v) is 6.12. The van der Waals surface area contributed by atoms with Crippen molar-refractivity contribution in [1.29, 1.82) is 0 Å². The third-order valence-corrected chi connectivity index (χ3v) is 3.77. The smallest absolute Gasteiger partial charge is 0.414 e. The zero-order valence-corrected chi connectivity index (χ0v) is 12.1. The summed E-state index contributed by atoms with van der Waals surface area (Å²) in [7, 11) is 0. The molecule has 0 atom stereocenters. The summed E-state index contributed by atoms with van der Waals surface area (Å²) in [6.45, 7) is 9.88. The van der Waals surface area contributed by atoms with Gasteiger partial charge in [0.05, 0.1) is 12.9 Å². The summed E-state index contributed by atoms with van der Waals surface area (Å²) in [5.41, 5.74) is -0.0210. The van der Waals surface area contributed by atoms with E-state index in [1.165, 1.54) is 0 Å². The number of cyclic esters (lactones) is 1. The van der Waals surface area contributed by atoms with Gasteiger partial charge >= 0.3 is 12.2 Å². The number of nitrogens with zero attached hydrogens (tertiary/aromatic N) is 2. The van der Waals surface area contributed by atoms with Crippen molar-refractivity contribution in [3.05, 3.63) is 12.8 Å². The van der Waals surface area contributed by atoms with Gasteiger partial charge in [0, 0.05) is 31.1 Å². The van der Waals surface area contributed by atoms with Gasteiger partial charge in [-0.2, -0.15) is 0 Å². The Balaban J connectivity index is 1.91. The molecule has 0 saturated carbocycles. The Hall–Kier alpha value is -1.72. The minimum absolute atomic E-state index is 0.0210. The van der Waals surface area contributed by atoms with Crippen LogP contribution < -0.4 is 0 Å². The lowest BCUT2D eigenvalue weighted by molar-refractivity contribution is -0.0154. The summed E-state index contributed by atoms with van der Waals surface area (Å²) in [6.07, 6.45) is 2.02. The minimum atomic E-state index is -0.375. The predicted molar refractivity (Wildman–Crippen MR) is 73.1 cm³/mol. The number of hydrogen-bond acceptors (Lipinski definition) is 4. The highest BCUT2D eigenvalue weighted by atomic mass is 16.6. The van der Waals surface area contributed by atoms with E-state index in [0.29, 0.717) is 26.2 Å². The molecule has 0 aromatic rings. The van der Waals surface area contributed by atoms with Crippen molar-refractivity contribution >= 4 is 12.2 Å². The number of rotatable bonds is 2. The zero-order chi connectivity index (χ0) is 14.8. The van der Waals surface area contributed by atoms with Gasteiger partial charge in [0.15, 0.2) is 0 Å². The Bertz CT molecular complexity index is 400. The van der Waals surface area contributed by atoms with Gasteiger partial charge in [-0.15, -0.1) is 0 Å². The van der Waals surface area contributed by atoms with Gasteiger partial charge in [-0.1, -0.05) is 20.4 Å². The van der Waals surface area contributed by atoms with E-state index in [-0.39, 0.29) is 23.6 Å². The van der Waals surface area contributed by atoms with Crippen LogP contribution in [-0.4, -0.2) is 54.3 Å². The van der Waals surface area contributed by atoms with Crippen molar-refractivity contribution in [1.82, 2.24) is 9.80 Å². The lowest BCUT2D eigenvalue weighted by Gasteiger charge is -2.43. The fourth-order valence-electron chi connectivity index (χ4n) is 2.70. The molecule has 0 aromatic heterocycles. The molecule has 0 spiro atoms. The maximum absolute atomic E-state index is 11.9. The Morgan fingerprint density at radius 2 is 2.10 bits per heavy atom. The van der Waals surface area contributed by atoms with Crippen LogP contribution in [0.2, 0.25) is 0 Å². The number of likely N-dealkylation sites (tertiary alicyclic amines) is 1. The van der Waals surface area contributed by atoms with Crippen LogP contribution in [0.15, 0.2) is 12.8 Å². The molecule has 2 aliphatic heterocycles. The molecule has 0 unspecified atom stereocenters. The first-order valence-corrected chi connectivity index (χ1v) is 6.93. The number of piperidine rings is 1. The quantitative estimate of drug-likeness (QED) is 0.729. The third-order valence-electron chi connectivity index (χ3n) is 3.77. The zero-order valence-electron chi connectivity index (χ0n) is 12.1. The van der Waals surface area contributed by atoms with Gasteiger partial charge in [0.1, 0.15) is 0 Å². The summed E-state index contributed by atoms with van der Waals surface area (Å²) in [6, 6.07) is 0.134. The fraction of sp³-hybridized carbons (Fsp3) is 0.714. The Morgan fingerprint density at radius 1 is 1.45 bits per heavy atom. The van der Waals surface area contributed by atoms with Gasteiger partial charge < -0.3 is 19.3 Å². The highest BCUT2D eigenvalue weighted by Crippen LogP contribution is 2.28. The van der Waals surface area contributed by atoms with Crippen molar-refractivity contribution in [2.24, 2.45) is 5.41 Å². The summed E-state index contributed by atoms with van der Waals surface area (Å²) < 4.78 is 10.0. The molecule has 2 rings (SSSR count). The number of carbonyl (C=O) groups is 2. The number of ether oxygens (including phenoxy) is 2. The molecule has 6 nitrogen and oxygen atoms in total.